The zero-order chi connectivity index (χ0) is 20.9. The number of hydrogen-bond acceptors (Lipinski definition) is 5. The SMILES string of the molecule is COc1cc(/C=N/NC(=Nc2ccc(C)cc2)c2nc3ccccc3[nH]2)ccc1O. The number of aromatic nitrogens is 2. The first-order chi connectivity index (χ1) is 14.6. The Labute approximate surface area is 173 Å². The lowest BCUT2D eigenvalue weighted by Crippen LogP contribution is -2.20. The Balaban J connectivity index is 1.65. The van der Waals surface area contributed by atoms with Crippen molar-refractivity contribution in [3.8, 4) is 11.5 Å². The molecule has 0 radical (unpaired) electrons. The highest BCUT2D eigenvalue weighted by Crippen LogP contribution is 2.25. The van der Waals surface area contributed by atoms with Crippen molar-refractivity contribution in [2.45, 2.75) is 6.92 Å². The molecule has 0 aliphatic carbocycles. The number of rotatable bonds is 5. The smallest absolute Gasteiger partial charge is 0.190 e. The molecule has 4 rings (SSSR count). The summed E-state index contributed by atoms with van der Waals surface area (Å²) in [6, 6.07) is 20.6. The predicted molar refractivity (Wildman–Crippen MR) is 119 cm³/mol. The minimum Gasteiger partial charge on any atom is -0.504 e. The fourth-order valence-electron chi connectivity index (χ4n) is 2.89. The normalized spacial score (nSPS) is 11.9. The van der Waals surface area contributed by atoms with Gasteiger partial charge in [0.2, 0.25) is 0 Å². The van der Waals surface area contributed by atoms with E-state index in [1.54, 1.807) is 24.4 Å². The fourth-order valence-corrected chi connectivity index (χ4v) is 2.89. The van der Waals surface area contributed by atoms with Crippen molar-refractivity contribution in [1.82, 2.24) is 15.4 Å². The lowest BCUT2D eigenvalue weighted by Gasteiger charge is -2.05. The predicted octanol–water partition coefficient (Wildman–Crippen LogP) is 4.29. The van der Waals surface area contributed by atoms with E-state index in [0.717, 1.165) is 27.8 Å². The number of benzene rings is 3. The van der Waals surface area contributed by atoms with Crippen LogP contribution in [0.25, 0.3) is 11.0 Å². The Morgan fingerprint density at radius 1 is 1.10 bits per heavy atom. The molecule has 3 N–H and O–H groups in total. The van der Waals surface area contributed by atoms with E-state index in [4.69, 9.17) is 4.74 Å². The summed E-state index contributed by atoms with van der Waals surface area (Å²) < 4.78 is 5.13. The zero-order valence-electron chi connectivity index (χ0n) is 16.6. The largest absolute Gasteiger partial charge is 0.504 e. The maximum absolute atomic E-state index is 9.73. The summed E-state index contributed by atoms with van der Waals surface area (Å²) >= 11 is 0. The van der Waals surface area contributed by atoms with Gasteiger partial charge >= 0.3 is 0 Å². The average Bonchev–Trinajstić information content (AvgIpc) is 3.20. The van der Waals surface area contributed by atoms with E-state index in [2.05, 4.69) is 25.5 Å². The van der Waals surface area contributed by atoms with E-state index in [9.17, 15) is 5.11 Å². The van der Waals surface area contributed by atoms with Gasteiger partial charge in [0, 0.05) is 0 Å². The number of nitrogens with one attached hydrogen (secondary N) is 2. The van der Waals surface area contributed by atoms with Crippen LogP contribution in [0.15, 0.2) is 76.8 Å². The van der Waals surface area contributed by atoms with Gasteiger partial charge < -0.3 is 14.8 Å². The topological polar surface area (TPSA) is 94.9 Å². The molecule has 3 aromatic carbocycles. The third-order valence-electron chi connectivity index (χ3n) is 4.48. The number of fused-ring (bicyclic) bond motifs is 1. The van der Waals surface area contributed by atoms with E-state index in [0.29, 0.717) is 17.4 Å². The molecule has 150 valence electrons. The third-order valence-corrected chi connectivity index (χ3v) is 4.48. The van der Waals surface area contributed by atoms with Crippen molar-refractivity contribution in [2.75, 3.05) is 7.11 Å². The molecular formula is C23H21N5O2. The van der Waals surface area contributed by atoms with E-state index >= 15 is 0 Å². The zero-order valence-corrected chi connectivity index (χ0v) is 16.6. The Morgan fingerprint density at radius 3 is 2.67 bits per heavy atom. The molecule has 0 saturated heterocycles. The lowest BCUT2D eigenvalue weighted by molar-refractivity contribution is 0.373. The van der Waals surface area contributed by atoms with E-state index < -0.39 is 0 Å². The molecule has 0 atom stereocenters. The van der Waals surface area contributed by atoms with Crippen molar-refractivity contribution in [3.05, 3.63) is 83.7 Å². The number of hydrazone groups is 1. The number of H-pyrrole nitrogens is 1. The number of para-hydroxylation sites is 2. The van der Waals surface area contributed by atoms with Gasteiger partial charge in [0.05, 0.1) is 30.0 Å². The Hall–Kier alpha value is -4.13. The van der Waals surface area contributed by atoms with Crippen LogP contribution in [0.2, 0.25) is 0 Å². The first-order valence-electron chi connectivity index (χ1n) is 9.39. The first-order valence-corrected chi connectivity index (χ1v) is 9.39. The van der Waals surface area contributed by atoms with Gasteiger partial charge in [-0.1, -0.05) is 29.8 Å². The summed E-state index contributed by atoms with van der Waals surface area (Å²) in [4.78, 5) is 12.6. The minimum atomic E-state index is 0.0755. The van der Waals surface area contributed by atoms with Gasteiger partial charge in [0.1, 0.15) is 0 Å². The van der Waals surface area contributed by atoms with Crippen molar-refractivity contribution in [3.63, 3.8) is 0 Å². The van der Waals surface area contributed by atoms with Crippen LogP contribution in [0.3, 0.4) is 0 Å². The Morgan fingerprint density at radius 2 is 1.90 bits per heavy atom. The van der Waals surface area contributed by atoms with Crippen LogP contribution in [0.1, 0.15) is 17.0 Å². The summed E-state index contributed by atoms with van der Waals surface area (Å²) in [6.45, 7) is 2.03. The molecular weight excluding hydrogens is 378 g/mol. The second-order valence-electron chi connectivity index (χ2n) is 6.70. The monoisotopic (exact) mass is 399 g/mol. The highest BCUT2D eigenvalue weighted by atomic mass is 16.5. The number of hydrogen-bond donors (Lipinski definition) is 3. The summed E-state index contributed by atoms with van der Waals surface area (Å²) in [5.41, 5.74) is 7.45. The molecule has 0 aliphatic heterocycles. The molecule has 0 unspecified atom stereocenters. The molecule has 7 nitrogen and oxygen atoms in total. The van der Waals surface area contributed by atoms with Gasteiger partial charge in [0.25, 0.3) is 0 Å². The van der Waals surface area contributed by atoms with Gasteiger partial charge in [-0.05, 0) is 55.0 Å². The number of amidine groups is 1. The molecule has 1 aromatic heterocycles. The number of aryl methyl sites for hydroxylation is 1. The van der Waals surface area contributed by atoms with Crippen molar-refractivity contribution >= 4 is 28.8 Å². The van der Waals surface area contributed by atoms with Crippen molar-refractivity contribution in [1.29, 1.82) is 0 Å². The fraction of sp³-hybridized carbons (Fsp3) is 0.0870. The van der Waals surface area contributed by atoms with Crippen molar-refractivity contribution in [2.24, 2.45) is 10.1 Å². The quantitative estimate of drug-likeness (QED) is 0.265. The number of ether oxygens (including phenoxy) is 1. The van der Waals surface area contributed by atoms with Gasteiger partial charge in [-0.2, -0.15) is 5.10 Å². The number of imidazole rings is 1. The number of aromatic amines is 1. The maximum atomic E-state index is 9.73. The molecule has 0 saturated carbocycles. The molecule has 0 aliphatic rings. The van der Waals surface area contributed by atoms with Gasteiger partial charge in [0.15, 0.2) is 23.2 Å². The number of methoxy groups -OCH3 is 1. The molecule has 0 spiro atoms. The third kappa shape index (κ3) is 4.30. The second kappa shape index (κ2) is 8.48. The van der Waals surface area contributed by atoms with Gasteiger partial charge in [-0.15, -0.1) is 0 Å². The molecule has 1 heterocycles. The Bertz CT molecular complexity index is 1190. The maximum Gasteiger partial charge on any atom is 0.190 e. The standard InChI is InChI=1S/C23H21N5O2/c1-15-7-10-17(11-8-15)25-23(22-26-18-5-3-4-6-19(18)27-22)28-24-14-16-9-12-20(29)21(13-16)30-2/h3-14,29H,1-2H3,(H,25,28)(H,26,27)/b24-14+. The van der Waals surface area contributed by atoms with Crippen LogP contribution in [0.4, 0.5) is 5.69 Å². The highest BCUT2D eigenvalue weighted by Gasteiger charge is 2.10. The highest BCUT2D eigenvalue weighted by molar-refractivity contribution is 6.00. The molecule has 0 bridgehead atoms. The van der Waals surface area contributed by atoms with Crippen LogP contribution >= 0.6 is 0 Å². The van der Waals surface area contributed by atoms with E-state index in [1.807, 2.05) is 55.5 Å². The Kier molecular flexibility index (Phi) is 5.43. The van der Waals surface area contributed by atoms with Crippen LogP contribution < -0.4 is 10.2 Å². The van der Waals surface area contributed by atoms with Gasteiger partial charge in [-0.3, -0.25) is 5.43 Å². The molecule has 0 amide bonds. The summed E-state index contributed by atoms with van der Waals surface area (Å²) in [7, 11) is 1.50. The number of nitrogens with zero attached hydrogens (tertiary/aromatic N) is 3. The van der Waals surface area contributed by atoms with Crippen molar-refractivity contribution < 1.29 is 9.84 Å². The second-order valence-corrected chi connectivity index (χ2v) is 6.70. The molecule has 7 heteroatoms. The number of phenolic OH excluding ortho intramolecular Hbond substituents is 1. The van der Waals surface area contributed by atoms with E-state index in [1.165, 1.54) is 7.11 Å². The number of phenols is 1. The first kappa shape index (κ1) is 19.2. The number of aliphatic imine (C=N–C) groups is 1. The average molecular weight is 399 g/mol. The van der Waals surface area contributed by atoms with Crippen LogP contribution in [0, 0.1) is 6.92 Å². The lowest BCUT2D eigenvalue weighted by atomic mass is 10.2. The molecule has 30 heavy (non-hydrogen) atoms. The van der Waals surface area contributed by atoms with E-state index in [-0.39, 0.29) is 5.75 Å². The molecule has 4 aromatic rings. The summed E-state index contributed by atoms with van der Waals surface area (Å²) in [6.07, 6.45) is 1.62. The minimum absolute atomic E-state index is 0.0755. The van der Waals surface area contributed by atoms with Gasteiger partial charge in [-0.25, -0.2) is 9.98 Å². The molecule has 0 fully saturated rings. The summed E-state index contributed by atoms with van der Waals surface area (Å²) in [5, 5.41) is 14.0. The van der Waals surface area contributed by atoms with Crippen LogP contribution in [0.5, 0.6) is 11.5 Å². The van der Waals surface area contributed by atoms with Crippen LogP contribution in [-0.4, -0.2) is 34.2 Å². The number of aromatic hydroxyl groups is 1. The summed E-state index contributed by atoms with van der Waals surface area (Å²) in [5.74, 6) is 1.52. The van der Waals surface area contributed by atoms with Crippen LogP contribution in [-0.2, 0) is 0 Å².